The summed E-state index contributed by atoms with van der Waals surface area (Å²) in [5, 5.41) is 4.02. The van der Waals surface area contributed by atoms with Gasteiger partial charge in [-0.15, -0.1) is 11.3 Å². The molecular formula is C11H15NO4S3. The summed E-state index contributed by atoms with van der Waals surface area (Å²) in [5.41, 5.74) is 0. The fourth-order valence-corrected chi connectivity index (χ4v) is 8.31. The molecule has 1 saturated heterocycles. The Hall–Kier alpha value is -0.440. The molecule has 1 saturated carbocycles. The highest BCUT2D eigenvalue weighted by Crippen LogP contribution is 2.30. The Labute approximate surface area is 116 Å². The van der Waals surface area contributed by atoms with Crippen molar-refractivity contribution >= 4 is 31.0 Å². The standard InChI is InChI=1S/C11H15NO4S3/c13-18(14)6-9(12-8-3-4-8)10(7-18)19(15,16)11-2-1-5-17-11/h1-2,5,8-10,12H,3-4,6-7H2/t9-,10-/m0/s1. The van der Waals surface area contributed by atoms with Crippen LogP contribution in [0.1, 0.15) is 12.8 Å². The van der Waals surface area contributed by atoms with Gasteiger partial charge in [-0.05, 0) is 24.3 Å². The summed E-state index contributed by atoms with van der Waals surface area (Å²) in [6.45, 7) is 0. The lowest BCUT2D eigenvalue weighted by atomic mass is 10.2. The average Bonchev–Trinajstić information content (AvgIpc) is 2.85. The van der Waals surface area contributed by atoms with Crippen molar-refractivity contribution in [2.24, 2.45) is 0 Å². The molecule has 5 nitrogen and oxygen atoms in total. The van der Waals surface area contributed by atoms with Crippen LogP contribution in [0, 0.1) is 0 Å². The molecule has 1 N–H and O–H groups in total. The highest BCUT2D eigenvalue weighted by atomic mass is 32.2. The first-order valence-electron chi connectivity index (χ1n) is 6.12. The number of thiophene rings is 1. The summed E-state index contributed by atoms with van der Waals surface area (Å²) in [7, 11) is -6.83. The zero-order valence-electron chi connectivity index (χ0n) is 10.2. The van der Waals surface area contributed by atoms with Crippen LogP contribution in [-0.4, -0.2) is 45.7 Å². The Morgan fingerprint density at radius 3 is 2.58 bits per heavy atom. The summed E-state index contributed by atoms with van der Waals surface area (Å²) < 4.78 is 48.8. The Bertz CT molecular complexity index is 659. The number of nitrogens with one attached hydrogen (secondary N) is 1. The van der Waals surface area contributed by atoms with Gasteiger partial charge in [-0.1, -0.05) is 6.07 Å². The summed E-state index contributed by atoms with van der Waals surface area (Å²) in [5.74, 6) is -0.337. The van der Waals surface area contributed by atoms with E-state index in [1.807, 2.05) is 0 Å². The van der Waals surface area contributed by atoms with Crippen molar-refractivity contribution in [3.05, 3.63) is 17.5 Å². The van der Waals surface area contributed by atoms with Crippen molar-refractivity contribution in [1.82, 2.24) is 5.32 Å². The van der Waals surface area contributed by atoms with Crippen molar-refractivity contribution in [3.8, 4) is 0 Å². The lowest BCUT2D eigenvalue weighted by Crippen LogP contribution is -2.44. The second kappa shape index (κ2) is 4.54. The number of sulfone groups is 2. The van der Waals surface area contributed by atoms with E-state index >= 15 is 0 Å². The zero-order chi connectivity index (χ0) is 13.7. The van der Waals surface area contributed by atoms with E-state index in [1.54, 1.807) is 17.5 Å². The molecule has 3 rings (SSSR count). The molecule has 0 aromatic carbocycles. The van der Waals surface area contributed by atoms with Crippen molar-refractivity contribution in [2.75, 3.05) is 11.5 Å². The Morgan fingerprint density at radius 2 is 2.00 bits per heavy atom. The summed E-state index contributed by atoms with van der Waals surface area (Å²) >= 11 is 1.14. The molecule has 0 bridgehead atoms. The van der Waals surface area contributed by atoms with E-state index in [4.69, 9.17) is 0 Å². The molecule has 2 aliphatic rings. The number of rotatable bonds is 4. The summed E-state index contributed by atoms with van der Waals surface area (Å²) in [6.07, 6.45) is 2.00. The largest absolute Gasteiger partial charge is 0.309 e. The smallest absolute Gasteiger partial charge is 0.193 e. The van der Waals surface area contributed by atoms with Gasteiger partial charge in [0.15, 0.2) is 19.7 Å². The van der Waals surface area contributed by atoms with E-state index in [0.717, 1.165) is 24.2 Å². The molecule has 1 aliphatic carbocycles. The second-order valence-electron chi connectivity index (χ2n) is 5.14. The lowest BCUT2D eigenvalue weighted by molar-refractivity contribution is 0.525. The fraction of sp³-hybridized carbons (Fsp3) is 0.636. The molecule has 2 atom stereocenters. The van der Waals surface area contributed by atoms with Gasteiger partial charge >= 0.3 is 0 Å². The predicted octanol–water partition coefficient (Wildman–Crippen LogP) is 0.439. The molecule has 19 heavy (non-hydrogen) atoms. The summed E-state index contributed by atoms with van der Waals surface area (Å²) in [6, 6.07) is 3.03. The molecule has 0 spiro atoms. The van der Waals surface area contributed by atoms with Gasteiger partial charge in [-0.3, -0.25) is 0 Å². The third-order valence-electron chi connectivity index (χ3n) is 3.50. The van der Waals surface area contributed by atoms with Gasteiger partial charge in [-0.2, -0.15) is 0 Å². The van der Waals surface area contributed by atoms with Gasteiger partial charge in [0, 0.05) is 12.1 Å². The van der Waals surface area contributed by atoms with E-state index < -0.39 is 31.0 Å². The molecular weight excluding hydrogens is 306 g/mol. The maximum absolute atomic E-state index is 12.5. The van der Waals surface area contributed by atoms with Crippen LogP contribution in [-0.2, 0) is 19.7 Å². The van der Waals surface area contributed by atoms with Crippen LogP contribution >= 0.6 is 11.3 Å². The maximum Gasteiger partial charge on any atom is 0.193 e. The van der Waals surface area contributed by atoms with Gasteiger partial charge < -0.3 is 5.32 Å². The third-order valence-corrected chi connectivity index (χ3v) is 9.08. The zero-order valence-corrected chi connectivity index (χ0v) is 12.6. The average molecular weight is 321 g/mol. The Morgan fingerprint density at radius 1 is 1.26 bits per heavy atom. The first-order chi connectivity index (χ1) is 8.88. The first-order valence-corrected chi connectivity index (χ1v) is 10.4. The van der Waals surface area contributed by atoms with Gasteiger partial charge in [0.25, 0.3) is 0 Å². The van der Waals surface area contributed by atoms with Crippen molar-refractivity contribution in [3.63, 3.8) is 0 Å². The van der Waals surface area contributed by atoms with Gasteiger partial charge in [0.1, 0.15) is 4.21 Å². The molecule has 1 aromatic rings. The molecule has 0 amide bonds. The minimum absolute atomic E-state index is 0.0707. The number of hydrogen-bond acceptors (Lipinski definition) is 6. The second-order valence-corrected chi connectivity index (χ2v) is 10.6. The quantitative estimate of drug-likeness (QED) is 0.870. The van der Waals surface area contributed by atoms with Crippen LogP contribution in [0.4, 0.5) is 0 Å². The number of hydrogen-bond donors (Lipinski definition) is 1. The molecule has 0 unspecified atom stereocenters. The van der Waals surface area contributed by atoms with E-state index in [2.05, 4.69) is 5.32 Å². The molecule has 106 valence electrons. The van der Waals surface area contributed by atoms with Crippen molar-refractivity contribution in [1.29, 1.82) is 0 Å². The van der Waals surface area contributed by atoms with Crippen molar-refractivity contribution < 1.29 is 16.8 Å². The van der Waals surface area contributed by atoms with E-state index in [1.165, 1.54) is 0 Å². The fourth-order valence-electron chi connectivity index (χ4n) is 2.40. The van der Waals surface area contributed by atoms with E-state index in [9.17, 15) is 16.8 Å². The van der Waals surface area contributed by atoms with Gasteiger partial charge in [-0.25, -0.2) is 16.8 Å². The first kappa shape index (κ1) is 13.5. The van der Waals surface area contributed by atoms with E-state index in [-0.39, 0.29) is 15.7 Å². The molecule has 8 heteroatoms. The normalized spacial score (nSPS) is 30.5. The van der Waals surface area contributed by atoms with Crippen LogP contribution in [0.2, 0.25) is 0 Å². The third kappa shape index (κ3) is 2.72. The van der Waals surface area contributed by atoms with Crippen LogP contribution in [0.15, 0.2) is 21.7 Å². The maximum atomic E-state index is 12.5. The SMILES string of the molecule is O=S1(=O)C[C@H](NC2CC2)[C@@H](S(=O)(=O)c2cccs2)C1. The monoisotopic (exact) mass is 321 g/mol. The van der Waals surface area contributed by atoms with Crippen LogP contribution in [0.25, 0.3) is 0 Å². The minimum atomic E-state index is -3.56. The molecule has 2 fully saturated rings. The van der Waals surface area contributed by atoms with Crippen molar-refractivity contribution in [2.45, 2.75) is 34.4 Å². The van der Waals surface area contributed by atoms with Crippen LogP contribution in [0.3, 0.4) is 0 Å². The highest BCUT2D eigenvalue weighted by Gasteiger charge is 2.47. The topological polar surface area (TPSA) is 80.3 Å². The molecule has 1 aliphatic heterocycles. The summed E-state index contributed by atoms with van der Waals surface area (Å²) in [4.78, 5) is 0. The van der Waals surface area contributed by atoms with Gasteiger partial charge in [0.05, 0.1) is 16.8 Å². The Balaban J connectivity index is 1.92. The Kier molecular flexibility index (Phi) is 3.24. The lowest BCUT2D eigenvalue weighted by Gasteiger charge is -2.18. The molecule has 0 radical (unpaired) electrons. The highest BCUT2D eigenvalue weighted by molar-refractivity contribution is 7.97. The molecule has 1 aromatic heterocycles. The van der Waals surface area contributed by atoms with Crippen LogP contribution in [0.5, 0.6) is 0 Å². The van der Waals surface area contributed by atoms with Crippen LogP contribution < -0.4 is 5.32 Å². The van der Waals surface area contributed by atoms with E-state index in [0.29, 0.717) is 6.04 Å². The molecule has 2 heterocycles. The minimum Gasteiger partial charge on any atom is -0.309 e. The predicted molar refractivity (Wildman–Crippen MR) is 73.9 cm³/mol. The van der Waals surface area contributed by atoms with Gasteiger partial charge in [0.2, 0.25) is 0 Å².